The van der Waals surface area contributed by atoms with Crippen molar-refractivity contribution in [3.63, 3.8) is 0 Å². The summed E-state index contributed by atoms with van der Waals surface area (Å²) in [5, 5.41) is 25.6. The molecule has 25 heavy (non-hydrogen) atoms. The molecule has 0 fully saturated rings. The van der Waals surface area contributed by atoms with Gasteiger partial charge in [0.25, 0.3) is 5.69 Å². The van der Waals surface area contributed by atoms with Crippen molar-refractivity contribution >= 4 is 28.8 Å². The van der Waals surface area contributed by atoms with E-state index in [0.717, 1.165) is 22.7 Å². The van der Waals surface area contributed by atoms with Crippen LogP contribution in [0.2, 0.25) is 0 Å². The first-order valence-corrected chi connectivity index (χ1v) is 7.09. The third-order valence-electron chi connectivity index (χ3n) is 3.39. The Hall–Kier alpha value is -3.69. The van der Waals surface area contributed by atoms with Gasteiger partial charge in [0.1, 0.15) is 5.69 Å². The van der Waals surface area contributed by atoms with E-state index in [1.165, 1.54) is 13.1 Å². The summed E-state index contributed by atoms with van der Waals surface area (Å²) in [6.07, 6.45) is 0. The summed E-state index contributed by atoms with van der Waals surface area (Å²) in [6, 6.07) is 9.67. The predicted molar refractivity (Wildman–Crippen MR) is 91.5 cm³/mol. The van der Waals surface area contributed by atoms with Crippen LogP contribution >= 0.6 is 0 Å². The van der Waals surface area contributed by atoms with Crippen molar-refractivity contribution in [3.05, 3.63) is 68.3 Å². The molecule has 0 radical (unpaired) electrons. The number of carbonyl (C=O) groups is 1. The third kappa shape index (κ3) is 4.19. The number of amides is 2. The number of benzene rings is 2. The lowest BCUT2D eigenvalue weighted by molar-refractivity contribution is -0.393. The highest BCUT2D eigenvalue weighted by atomic mass is 16.6. The maximum absolute atomic E-state index is 12.1. The number of hydrazine groups is 1. The highest BCUT2D eigenvalue weighted by molar-refractivity contribution is 5.91. The van der Waals surface area contributed by atoms with Gasteiger partial charge in [-0.15, -0.1) is 0 Å². The molecule has 0 atom stereocenters. The number of hydrogen-bond donors (Lipinski definition) is 2. The van der Waals surface area contributed by atoms with Crippen LogP contribution < -0.4 is 15.8 Å². The molecule has 0 heterocycles. The van der Waals surface area contributed by atoms with Crippen molar-refractivity contribution < 1.29 is 14.6 Å². The minimum Gasteiger partial charge on any atom is -0.306 e. The van der Waals surface area contributed by atoms with Gasteiger partial charge in [-0.25, -0.2) is 10.2 Å². The number of nitrogens with zero attached hydrogens (tertiary/aromatic N) is 3. The fourth-order valence-electron chi connectivity index (χ4n) is 2.13. The lowest BCUT2D eigenvalue weighted by Gasteiger charge is -2.20. The molecule has 0 unspecified atom stereocenters. The average molecular weight is 345 g/mol. The van der Waals surface area contributed by atoms with Crippen LogP contribution in [-0.4, -0.2) is 22.9 Å². The highest BCUT2D eigenvalue weighted by Gasteiger charge is 2.22. The van der Waals surface area contributed by atoms with Crippen LogP contribution in [0, 0.1) is 27.2 Å². The van der Waals surface area contributed by atoms with Crippen LogP contribution in [0.25, 0.3) is 0 Å². The molecule has 2 aromatic carbocycles. The van der Waals surface area contributed by atoms with Crippen molar-refractivity contribution in [2.75, 3.05) is 17.4 Å². The van der Waals surface area contributed by atoms with Crippen molar-refractivity contribution in [3.8, 4) is 0 Å². The Bertz CT molecular complexity index is 839. The number of para-hydroxylation sites is 1. The Morgan fingerprint density at radius 3 is 2.36 bits per heavy atom. The van der Waals surface area contributed by atoms with Gasteiger partial charge < -0.3 is 5.32 Å². The number of nitro groups is 2. The molecule has 0 aliphatic carbocycles. The van der Waals surface area contributed by atoms with Gasteiger partial charge in [0.05, 0.1) is 15.9 Å². The summed E-state index contributed by atoms with van der Waals surface area (Å²) in [4.78, 5) is 32.5. The molecule has 10 nitrogen and oxygen atoms in total. The molecule has 0 saturated carbocycles. The maximum atomic E-state index is 12.1. The second-order valence-electron chi connectivity index (χ2n) is 5.13. The van der Waals surface area contributed by atoms with Crippen molar-refractivity contribution in [2.24, 2.45) is 0 Å². The largest absolute Gasteiger partial charge is 0.338 e. The number of hydrogen-bond acceptors (Lipinski definition) is 6. The summed E-state index contributed by atoms with van der Waals surface area (Å²) in [6.45, 7) is 1.82. The van der Waals surface area contributed by atoms with E-state index in [0.29, 0.717) is 5.69 Å². The molecule has 0 spiro atoms. The molecule has 0 aliphatic heterocycles. The second kappa shape index (κ2) is 7.25. The van der Waals surface area contributed by atoms with Gasteiger partial charge in [-0.2, -0.15) is 0 Å². The van der Waals surface area contributed by atoms with Crippen molar-refractivity contribution in [2.45, 2.75) is 6.92 Å². The minimum atomic E-state index is -0.750. The van der Waals surface area contributed by atoms with Gasteiger partial charge in [0.2, 0.25) is 0 Å². The summed E-state index contributed by atoms with van der Waals surface area (Å²) in [7, 11) is 1.39. The van der Waals surface area contributed by atoms with Crippen LogP contribution in [-0.2, 0) is 0 Å². The van der Waals surface area contributed by atoms with Crippen LogP contribution in [0.5, 0.6) is 0 Å². The molecule has 0 bridgehead atoms. The van der Waals surface area contributed by atoms with Gasteiger partial charge in [-0.3, -0.25) is 25.2 Å². The maximum Gasteiger partial charge on any atom is 0.338 e. The van der Waals surface area contributed by atoms with E-state index >= 15 is 0 Å². The van der Waals surface area contributed by atoms with E-state index in [4.69, 9.17) is 0 Å². The Balaban J connectivity index is 2.18. The summed E-state index contributed by atoms with van der Waals surface area (Å²) < 4.78 is 0. The Kier molecular flexibility index (Phi) is 5.12. The Labute approximate surface area is 142 Å². The molecule has 2 amide bonds. The van der Waals surface area contributed by atoms with Gasteiger partial charge >= 0.3 is 11.7 Å². The Morgan fingerprint density at radius 1 is 1.08 bits per heavy atom. The third-order valence-corrected chi connectivity index (χ3v) is 3.39. The minimum absolute atomic E-state index is 0.00975. The van der Waals surface area contributed by atoms with E-state index < -0.39 is 27.3 Å². The Morgan fingerprint density at radius 2 is 1.76 bits per heavy atom. The number of anilines is 2. The molecule has 130 valence electrons. The monoisotopic (exact) mass is 345 g/mol. The summed E-state index contributed by atoms with van der Waals surface area (Å²) in [5.41, 5.74) is 2.97. The van der Waals surface area contributed by atoms with Crippen LogP contribution in [0.4, 0.5) is 27.5 Å². The standard InChI is InChI=1S/C15H15N5O5/c1-10-5-3-4-6-12(10)16-15(21)17-18(2)13-8-7-11(19(22)23)9-14(13)20(24)25/h3-9H,1-2H3,(H2,16,17,21). The van der Waals surface area contributed by atoms with Gasteiger partial charge in [-0.05, 0) is 24.6 Å². The number of nitro benzene ring substituents is 2. The first-order chi connectivity index (χ1) is 11.8. The lowest BCUT2D eigenvalue weighted by atomic mass is 10.2. The van der Waals surface area contributed by atoms with E-state index in [9.17, 15) is 25.0 Å². The number of nitrogens with one attached hydrogen (secondary N) is 2. The van der Waals surface area contributed by atoms with Gasteiger partial charge in [0.15, 0.2) is 0 Å². The van der Waals surface area contributed by atoms with E-state index in [2.05, 4.69) is 10.7 Å². The fourth-order valence-corrected chi connectivity index (χ4v) is 2.13. The molecule has 0 saturated heterocycles. The number of rotatable bonds is 5. The van der Waals surface area contributed by atoms with Crippen molar-refractivity contribution in [1.29, 1.82) is 0 Å². The quantitative estimate of drug-likeness (QED) is 0.632. The lowest BCUT2D eigenvalue weighted by Crippen LogP contribution is -2.42. The summed E-state index contributed by atoms with van der Waals surface area (Å²) in [5.74, 6) is 0. The van der Waals surface area contributed by atoms with Crippen LogP contribution in [0.3, 0.4) is 0 Å². The van der Waals surface area contributed by atoms with Crippen LogP contribution in [0.15, 0.2) is 42.5 Å². The normalized spacial score (nSPS) is 10.0. The molecule has 2 rings (SSSR count). The molecule has 2 N–H and O–H groups in total. The van der Waals surface area contributed by atoms with E-state index in [1.54, 1.807) is 12.1 Å². The SMILES string of the molecule is Cc1ccccc1NC(=O)NN(C)c1ccc([N+](=O)[O-])cc1[N+](=O)[O-]. The topological polar surface area (TPSA) is 131 Å². The molecule has 0 aromatic heterocycles. The fraction of sp³-hybridized carbons (Fsp3) is 0.133. The highest BCUT2D eigenvalue weighted by Crippen LogP contribution is 2.30. The average Bonchev–Trinajstić information content (AvgIpc) is 2.56. The van der Waals surface area contributed by atoms with Gasteiger partial charge in [-0.1, -0.05) is 18.2 Å². The zero-order valence-corrected chi connectivity index (χ0v) is 13.4. The van der Waals surface area contributed by atoms with E-state index in [-0.39, 0.29) is 5.69 Å². The second-order valence-corrected chi connectivity index (χ2v) is 5.13. The van der Waals surface area contributed by atoms with E-state index in [1.807, 2.05) is 19.1 Å². The molecular weight excluding hydrogens is 330 g/mol. The predicted octanol–water partition coefficient (Wildman–Crippen LogP) is 2.98. The number of aryl methyl sites for hydroxylation is 1. The first-order valence-electron chi connectivity index (χ1n) is 7.09. The van der Waals surface area contributed by atoms with Gasteiger partial charge in [0, 0.05) is 18.8 Å². The van der Waals surface area contributed by atoms with Crippen LogP contribution in [0.1, 0.15) is 5.56 Å². The number of urea groups is 1. The molecular formula is C15H15N5O5. The summed E-state index contributed by atoms with van der Waals surface area (Å²) >= 11 is 0. The zero-order valence-electron chi connectivity index (χ0n) is 13.4. The first kappa shape index (κ1) is 17.7. The zero-order chi connectivity index (χ0) is 18.6. The molecule has 0 aliphatic rings. The van der Waals surface area contributed by atoms with Crippen molar-refractivity contribution in [1.82, 2.24) is 5.43 Å². The molecule has 10 heteroatoms. The number of non-ortho nitro benzene ring substituents is 1. The number of carbonyl (C=O) groups excluding carboxylic acids is 1. The molecule has 2 aromatic rings. The smallest absolute Gasteiger partial charge is 0.306 e.